The number of carbonyl (C=O) groups excluding carboxylic acids is 2. The van der Waals surface area contributed by atoms with E-state index in [9.17, 15) is 35.9 Å². The van der Waals surface area contributed by atoms with Crippen LogP contribution in [0.15, 0.2) is 54.6 Å². The first-order valence-corrected chi connectivity index (χ1v) is 9.62. The van der Waals surface area contributed by atoms with Crippen molar-refractivity contribution in [2.24, 2.45) is 0 Å². The molecule has 180 valence electrons. The first kappa shape index (κ1) is 24.7. The Balaban J connectivity index is 2.22. The van der Waals surface area contributed by atoms with Crippen molar-refractivity contribution in [3.05, 3.63) is 65.9 Å². The SMILES string of the molecule is CCOC(=O)[C@](NC(=O)c1ccccc1)(Nc1nc2ccccc2nc1C(F)(F)F)C(F)(F)F. The van der Waals surface area contributed by atoms with Gasteiger partial charge in [0.2, 0.25) is 0 Å². The third-order valence-electron chi connectivity index (χ3n) is 4.49. The zero-order valence-electron chi connectivity index (χ0n) is 17.3. The zero-order valence-corrected chi connectivity index (χ0v) is 17.3. The average molecular weight is 486 g/mol. The predicted octanol–water partition coefficient (Wildman–Crippen LogP) is 4.31. The van der Waals surface area contributed by atoms with E-state index < -0.39 is 48.0 Å². The Hall–Kier alpha value is -3.90. The lowest BCUT2D eigenvalue weighted by Crippen LogP contribution is -2.69. The van der Waals surface area contributed by atoms with Crippen LogP contribution in [0.4, 0.5) is 32.2 Å². The Labute approximate surface area is 188 Å². The summed E-state index contributed by atoms with van der Waals surface area (Å²) in [7, 11) is 0. The fourth-order valence-electron chi connectivity index (χ4n) is 2.92. The molecule has 0 saturated heterocycles. The summed E-state index contributed by atoms with van der Waals surface area (Å²) in [6.45, 7) is 0.629. The van der Waals surface area contributed by atoms with E-state index in [1.807, 2.05) is 0 Å². The summed E-state index contributed by atoms with van der Waals surface area (Å²) in [5.41, 5.74) is -6.66. The lowest BCUT2D eigenvalue weighted by atomic mass is 10.1. The van der Waals surface area contributed by atoms with Crippen molar-refractivity contribution in [3.8, 4) is 0 Å². The molecule has 0 aliphatic carbocycles. The molecular formula is C21H16F6N4O3. The molecule has 0 aliphatic rings. The van der Waals surface area contributed by atoms with Gasteiger partial charge in [0.05, 0.1) is 17.6 Å². The number of benzene rings is 2. The molecule has 7 nitrogen and oxygen atoms in total. The fourth-order valence-corrected chi connectivity index (χ4v) is 2.92. The van der Waals surface area contributed by atoms with Gasteiger partial charge >= 0.3 is 24.0 Å². The van der Waals surface area contributed by atoms with Gasteiger partial charge in [-0.25, -0.2) is 14.8 Å². The number of fused-ring (bicyclic) bond motifs is 1. The molecule has 0 bridgehead atoms. The number of hydrogen-bond acceptors (Lipinski definition) is 6. The van der Waals surface area contributed by atoms with Gasteiger partial charge in [-0.2, -0.15) is 26.3 Å². The summed E-state index contributed by atoms with van der Waals surface area (Å²) in [6, 6.07) is 11.6. The number of hydrogen-bond donors (Lipinski definition) is 2. The highest BCUT2D eigenvalue weighted by atomic mass is 19.4. The molecule has 0 aliphatic heterocycles. The van der Waals surface area contributed by atoms with E-state index >= 15 is 0 Å². The van der Waals surface area contributed by atoms with Gasteiger partial charge in [0.15, 0.2) is 11.5 Å². The number of nitrogens with zero attached hydrogens (tertiary/aromatic N) is 2. The fraction of sp³-hybridized carbons (Fsp3) is 0.238. The van der Waals surface area contributed by atoms with Crippen LogP contribution in [0.5, 0.6) is 0 Å². The summed E-state index contributed by atoms with van der Waals surface area (Å²) in [4.78, 5) is 32.1. The van der Waals surface area contributed by atoms with Gasteiger partial charge in [-0.3, -0.25) is 4.79 Å². The molecule has 2 N–H and O–H groups in total. The van der Waals surface area contributed by atoms with Gasteiger partial charge in [-0.15, -0.1) is 0 Å². The molecule has 1 heterocycles. The molecule has 2 aromatic carbocycles. The molecule has 0 fully saturated rings. The van der Waals surface area contributed by atoms with Crippen LogP contribution in [-0.2, 0) is 15.7 Å². The Kier molecular flexibility index (Phi) is 6.66. The van der Waals surface area contributed by atoms with Crippen LogP contribution < -0.4 is 10.6 Å². The topological polar surface area (TPSA) is 93.2 Å². The van der Waals surface area contributed by atoms with Gasteiger partial charge in [0.1, 0.15) is 0 Å². The number of aromatic nitrogens is 2. The monoisotopic (exact) mass is 486 g/mol. The molecule has 1 amide bonds. The molecule has 34 heavy (non-hydrogen) atoms. The van der Waals surface area contributed by atoms with Gasteiger partial charge in [0, 0.05) is 5.56 Å². The molecule has 0 radical (unpaired) electrons. The van der Waals surface area contributed by atoms with Gasteiger partial charge < -0.3 is 15.4 Å². The molecule has 13 heteroatoms. The summed E-state index contributed by atoms with van der Waals surface area (Å²) < 4.78 is 88.6. The predicted molar refractivity (Wildman–Crippen MR) is 107 cm³/mol. The number of anilines is 1. The Morgan fingerprint density at radius 2 is 1.44 bits per heavy atom. The quantitative estimate of drug-likeness (QED) is 0.307. The van der Waals surface area contributed by atoms with Crippen LogP contribution >= 0.6 is 0 Å². The minimum atomic E-state index is -5.67. The van der Waals surface area contributed by atoms with Crippen LogP contribution in [0.1, 0.15) is 23.0 Å². The third-order valence-corrected chi connectivity index (χ3v) is 4.49. The summed E-state index contributed by atoms with van der Waals surface area (Å²) in [6.07, 6.45) is -10.9. The van der Waals surface area contributed by atoms with E-state index in [0.29, 0.717) is 0 Å². The van der Waals surface area contributed by atoms with E-state index in [0.717, 1.165) is 12.1 Å². The van der Waals surface area contributed by atoms with Gasteiger partial charge in [-0.05, 0) is 31.2 Å². The summed E-state index contributed by atoms with van der Waals surface area (Å²) >= 11 is 0. The summed E-state index contributed by atoms with van der Waals surface area (Å²) in [5, 5.41) is 2.92. The highest BCUT2D eigenvalue weighted by Gasteiger charge is 2.64. The van der Waals surface area contributed by atoms with Crippen molar-refractivity contribution in [1.82, 2.24) is 15.3 Å². The van der Waals surface area contributed by atoms with E-state index in [1.165, 1.54) is 60.0 Å². The largest absolute Gasteiger partial charge is 0.463 e. The number of alkyl halides is 6. The molecular weight excluding hydrogens is 470 g/mol. The smallest absolute Gasteiger partial charge is 0.441 e. The number of esters is 1. The number of rotatable bonds is 6. The Bertz CT molecular complexity index is 1200. The Morgan fingerprint density at radius 1 is 0.882 bits per heavy atom. The molecule has 1 atom stereocenters. The number of nitrogens with one attached hydrogen (secondary N) is 2. The molecule has 3 aromatic rings. The van der Waals surface area contributed by atoms with E-state index in [-0.39, 0.29) is 16.6 Å². The van der Waals surface area contributed by atoms with Crippen LogP contribution in [0.3, 0.4) is 0 Å². The minimum absolute atomic E-state index is 0.188. The van der Waals surface area contributed by atoms with Gasteiger partial charge in [0.25, 0.3) is 5.91 Å². The van der Waals surface area contributed by atoms with Crippen molar-refractivity contribution < 1.29 is 40.7 Å². The van der Waals surface area contributed by atoms with Crippen LogP contribution in [0, 0.1) is 0 Å². The number of halogens is 6. The number of ether oxygens (including phenoxy) is 1. The van der Waals surface area contributed by atoms with Crippen molar-refractivity contribution in [2.75, 3.05) is 11.9 Å². The van der Waals surface area contributed by atoms with Crippen LogP contribution in [0.2, 0.25) is 0 Å². The lowest BCUT2D eigenvalue weighted by Gasteiger charge is -2.35. The Morgan fingerprint density at radius 3 is 1.97 bits per heavy atom. The van der Waals surface area contributed by atoms with Crippen LogP contribution in [-0.4, -0.2) is 40.3 Å². The molecule has 0 unspecified atom stereocenters. The number of amides is 1. The highest BCUT2D eigenvalue weighted by molar-refractivity contribution is 5.99. The molecule has 0 saturated carbocycles. The standard InChI is InChI=1S/C21H16F6N4O3/c1-2-34-18(33)19(21(25,26)27,31-17(32)12-8-4-3-5-9-12)30-16-15(20(22,23)24)28-13-10-6-7-11-14(13)29-16/h3-11H,2H2,1H3,(H,29,30)(H,31,32)/t19-/m1/s1. The van der Waals surface area contributed by atoms with E-state index in [1.54, 1.807) is 0 Å². The normalized spacial score (nSPS) is 13.7. The average Bonchev–Trinajstić information content (AvgIpc) is 2.77. The van der Waals surface area contributed by atoms with Crippen molar-refractivity contribution >= 4 is 28.7 Å². The first-order valence-electron chi connectivity index (χ1n) is 9.62. The minimum Gasteiger partial charge on any atom is -0.463 e. The maximum Gasteiger partial charge on any atom is 0.441 e. The van der Waals surface area contributed by atoms with E-state index in [4.69, 9.17) is 0 Å². The highest BCUT2D eigenvalue weighted by Crippen LogP contribution is 2.38. The molecule has 1 aromatic heterocycles. The lowest BCUT2D eigenvalue weighted by molar-refractivity contribution is -0.205. The summed E-state index contributed by atoms with van der Waals surface area (Å²) in [5.74, 6) is -4.92. The second kappa shape index (κ2) is 9.15. The van der Waals surface area contributed by atoms with Crippen molar-refractivity contribution in [1.29, 1.82) is 0 Å². The first-order chi connectivity index (χ1) is 15.9. The zero-order chi connectivity index (χ0) is 25.1. The third kappa shape index (κ3) is 4.87. The molecule has 0 spiro atoms. The van der Waals surface area contributed by atoms with Crippen molar-refractivity contribution in [2.45, 2.75) is 24.9 Å². The maximum absolute atomic E-state index is 14.3. The number of carbonyl (C=O) groups is 2. The molecule has 3 rings (SSSR count). The maximum atomic E-state index is 14.3. The van der Waals surface area contributed by atoms with Crippen molar-refractivity contribution in [3.63, 3.8) is 0 Å². The number of para-hydroxylation sites is 2. The van der Waals surface area contributed by atoms with E-state index in [2.05, 4.69) is 14.7 Å². The second-order valence-corrected chi connectivity index (χ2v) is 6.82. The van der Waals surface area contributed by atoms with Gasteiger partial charge in [-0.1, -0.05) is 30.3 Å². The second-order valence-electron chi connectivity index (χ2n) is 6.82. The van der Waals surface area contributed by atoms with Crippen LogP contribution in [0.25, 0.3) is 11.0 Å².